The van der Waals surface area contributed by atoms with Crippen LogP contribution in [0.1, 0.15) is 61.0 Å². The number of anilines is 1. The maximum Gasteiger partial charge on any atom is 0.339 e. The molecule has 3 aromatic rings. The first kappa shape index (κ1) is 24.2. The third-order valence-corrected chi connectivity index (χ3v) is 6.11. The second kappa shape index (κ2) is 10.1. The summed E-state index contributed by atoms with van der Waals surface area (Å²) in [5, 5.41) is 4.80. The lowest BCUT2D eigenvalue weighted by Crippen LogP contribution is -2.28. The standard InChI is InChI=1S/C26H24ClN3O5/c1-15-22-19(28-29-24(31)16-8-6-9-17(27)14-16)11-7-13-21(22)35-23(15)25(32)30(2)20-12-5-4-10-18(20)26(33)34-3/h4-6,8-10,12,14H,7,11,13H2,1-3H3,(H,29,31)/b28-19+. The van der Waals surface area contributed by atoms with Crippen molar-refractivity contribution in [2.75, 3.05) is 19.1 Å². The zero-order chi connectivity index (χ0) is 25.1. The Morgan fingerprint density at radius 2 is 1.89 bits per heavy atom. The summed E-state index contributed by atoms with van der Waals surface area (Å²) in [4.78, 5) is 39.4. The zero-order valence-corrected chi connectivity index (χ0v) is 20.3. The molecule has 1 aliphatic carbocycles. The monoisotopic (exact) mass is 493 g/mol. The minimum absolute atomic E-state index is 0.160. The van der Waals surface area contributed by atoms with Crippen molar-refractivity contribution in [3.8, 4) is 0 Å². The average Bonchev–Trinajstić information content (AvgIpc) is 3.22. The second-order valence-corrected chi connectivity index (χ2v) is 8.53. The van der Waals surface area contributed by atoms with Gasteiger partial charge in [-0.25, -0.2) is 10.2 Å². The van der Waals surface area contributed by atoms with E-state index in [4.69, 9.17) is 20.8 Å². The largest absolute Gasteiger partial charge is 0.465 e. The molecule has 1 heterocycles. The summed E-state index contributed by atoms with van der Waals surface area (Å²) in [5.41, 5.74) is 5.63. The molecule has 0 saturated carbocycles. The van der Waals surface area contributed by atoms with Gasteiger partial charge in [-0.05, 0) is 50.1 Å². The van der Waals surface area contributed by atoms with Crippen LogP contribution in [0.3, 0.4) is 0 Å². The molecule has 8 nitrogen and oxygen atoms in total. The van der Waals surface area contributed by atoms with Gasteiger partial charge >= 0.3 is 5.97 Å². The van der Waals surface area contributed by atoms with Gasteiger partial charge in [-0.3, -0.25) is 9.59 Å². The number of carbonyl (C=O) groups is 3. The number of amides is 2. The number of fused-ring (bicyclic) bond motifs is 1. The number of halogens is 1. The van der Waals surface area contributed by atoms with Crippen molar-refractivity contribution >= 4 is 40.8 Å². The van der Waals surface area contributed by atoms with E-state index >= 15 is 0 Å². The van der Waals surface area contributed by atoms with Crippen LogP contribution in [0.2, 0.25) is 5.02 Å². The topological polar surface area (TPSA) is 101 Å². The number of nitrogens with zero attached hydrogens (tertiary/aromatic N) is 2. The van der Waals surface area contributed by atoms with E-state index in [1.807, 2.05) is 0 Å². The van der Waals surface area contributed by atoms with Crippen LogP contribution in [-0.2, 0) is 11.2 Å². The van der Waals surface area contributed by atoms with Crippen LogP contribution in [0.25, 0.3) is 0 Å². The van der Waals surface area contributed by atoms with E-state index in [9.17, 15) is 14.4 Å². The minimum Gasteiger partial charge on any atom is -0.465 e. The molecule has 0 aliphatic heterocycles. The molecule has 1 aliphatic rings. The Morgan fingerprint density at radius 3 is 2.63 bits per heavy atom. The third-order valence-electron chi connectivity index (χ3n) is 5.87. The van der Waals surface area contributed by atoms with E-state index in [-0.39, 0.29) is 17.2 Å². The van der Waals surface area contributed by atoms with Crippen LogP contribution in [-0.4, -0.2) is 37.7 Å². The highest BCUT2D eigenvalue weighted by atomic mass is 35.5. The number of aryl methyl sites for hydroxylation is 1. The maximum absolute atomic E-state index is 13.4. The van der Waals surface area contributed by atoms with Gasteiger partial charge in [-0.1, -0.05) is 29.8 Å². The Balaban J connectivity index is 1.62. The lowest BCUT2D eigenvalue weighted by Gasteiger charge is -2.19. The van der Waals surface area contributed by atoms with Gasteiger partial charge in [0, 0.05) is 35.2 Å². The van der Waals surface area contributed by atoms with Gasteiger partial charge in [0.25, 0.3) is 11.8 Å². The number of carbonyl (C=O) groups excluding carboxylic acids is 3. The zero-order valence-electron chi connectivity index (χ0n) is 19.6. The fourth-order valence-electron chi connectivity index (χ4n) is 4.11. The number of hydrogen-bond acceptors (Lipinski definition) is 6. The molecule has 0 fully saturated rings. The SMILES string of the molecule is COC(=O)c1ccccc1N(C)C(=O)c1oc2c(c1C)/C(=N/NC(=O)c1cccc(Cl)c1)CCC2. The van der Waals surface area contributed by atoms with Crippen LogP contribution >= 0.6 is 11.6 Å². The number of esters is 1. The molecule has 1 aromatic heterocycles. The number of furan rings is 1. The van der Waals surface area contributed by atoms with E-state index in [0.717, 1.165) is 12.0 Å². The molecule has 9 heteroatoms. The number of benzene rings is 2. The van der Waals surface area contributed by atoms with Crippen LogP contribution in [0.15, 0.2) is 58.0 Å². The van der Waals surface area contributed by atoms with Gasteiger partial charge in [0.1, 0.15) is 5.76 Å². The first-order valence-electron chi connectivity index (χ1n) is 11.0. The molecule has 2 aromatic carbocycles. The molecule has 0 spiro atoms. The highest BCUT2D eigenvalue weighted by Gasteiger charge is 2.30. The first-order valence-corrected chi connectivity index (χ1v) is 11.4. The summed E-state index contributed by atoms with van der Waals surface area (Å²) in [6, 6.07) is 13.3. The van der Waals surface area contributed by atoms with Crippen LogP contribution in [0.4, 0.5) is 5.69 Å². The fraction of sp³-hybridized carbons (Fsp3) is 0.231. The van der Waals surface area contributed by atoms with Gasteiger partial charge in [-0.2, -0.15) is 5.10 Å². The fourth-order valence-corrected chi connectivity index (χ4v) is 4.30. The molecular weight excluding hydrogens is 470 g/mol. The predicted octanol–water partition coefficient (Wildman–Crippen LogP) is 4.78. The van der Waals surface area contributed by atoms with Gasteiger partial charge < -0.3 is 14.1 Å². The number of methoxy groups -OCH3 is 1. The summed E-state index contributed by atoms with van der Waals surface area (Å²) in [7, 11) is 2.86. The van der Waals surface area contributed by atoms with Crippen molar-refractivity contribution in [2.24, 2.45) is 5.10 Å². The molecule has 0 atom stereocenters. The smallest absolute Gasteiger partial charge is 0.339 e. The number of hydrazone groups is 1. The molecule has 180 valence electrons. The van der Waals surface area contributed by atoms with Gasteiger partial charge in [0.2, 0.25) is 0 Å². The van der Waals surface area contributed by atoms with Crippen molar-refractivity contribution in [1.29, 1.82) is 0 Å². The number of hydrogen-bond donors (Lipinski definition) is 1. The predicted molar refractivity (Wildman–Crippen MR) is 132 cm³/mol. The van der Waals surface area contributed by atoms with E-state index in [2.05, 4.69) is 10.5 Å². The number of nitrogens with one attached hydrogen (secondary N) is 1. The van der Waals surface area contributed by atoms with Crippen molar-refractivity contribution in [1.82, 2.24) is 5.43 Å². The van der Waals surface area contributed by atoms with E-state index in [0.29, 0.717) is 46.2 Å². The minimum atomic E-state index is -0.541. The van der Waals surface area contributed by atoms with Crippen LogP contribution in [0.5, 0.6) is 0 Å². The van der Waals surface area contributed by atoms with Gasteiger partial charge in [0.05, 0.1) is 24.1 Å². The quantitative estimate of drug-likeness (QED) is 0.407. The summed E-state index contributed by atoms with van der Waals surface area (Å²) in [6.45, 7) is 1.79. The van der Waals surface area contributed by atoms with Crippen molar-refractivity contribution in [2.45, 2.75) is 26.2 Å². The van der Waals surface area contributed by atoms with Crippen LogP contribution in [0, 0.1) is 6.92 Å². The summed E-state index contributed by atoms with van der Waals surface area (Å²) >= 11 is 5.97. The lowest BCUT2D eigenvalue weighted by atomic mass is 9.93. The van der Waals surface area contributed by atoms with Crippen molar-refractivity contribution < 1.29 is 23.5 Å². The van der Waals surface area contributed by atoms with E-state index in [1.165, 1.54) is 12.0 Å². The third kappa shape index (κ3) is 4.83. The molecule has 1 N–H and O–H groups in total. The van der Waals surface area contributed by atoms with E-state index in [1.54, 1.807) is 62.5 Å². The van der Waals surface area contributed by atoms with Gasteiger partial charge in [0.15, 0.2) is 5.76 Å². The first-order chi connectivity index (χ1) is 16.8. The second-order valence-electron chi connectivity index (χ2n) is 8.09. The number of para-hydroxylation sites is 1. The maximum atomic E-state index is 13.4. The highest BCUT2D eigenvalue weighted by molar-refractivity contribution is 6.31. The number of ether oxygens (including phenoxy) is 1. The Labute approximate surface area is 207 Å². The normalized spacial score (nSPS) is 13.8. The molecule has 0 bridgehead atoms. The Morgan fingerprint density at radius 1 is 1.11 bits per heavy atom. The Hall–Kier alpha value is -3.91. The summed E-state index contributed by atoms with van der Waals surface area (Å²) in [6.07, 6.45) is 2.03. The van der Waals surface area contributed by atoms with Crippen molar-refractivity contribution in [3.63, 3.8) is 0 Å². The molecule has 0 unspecified atom stereocenters. The van der Waals surface area contributed by atoms with Gasteiger partial charge in [-0.15, -0.1) is 0 Å². The Bertz CT molecular complexity index is 1340. The number of rotatable bonds is 5. The molecule has 2 amide bonds. The Kier molecular flexibility index (Phi) is 7.02. The lowest BCUT2D eigenvalue weighted by molar-refractivity contribution is 0.0601. The van der Waals surface area contributed by atoms with E-state index < -0.39 is 11.9 Å². The summed E-state index contributed by atoms with van der Waals surface area (Å²) in [5.74, 6) is -0.532. The molecular formula is C26H24ClN3O5. The van der Waals surface area contributed by atoms with Crippen molar-refractivity contribution in [3.05, 3.63) is 87.3 Å². The molecule has 4 rings (SSSR count). The average molecular weight is 494 g/mol. The molecule has 35 heavy (non-hydrogen) atoms. The molecule has 0 saturated heterocycles. The van der Waals surface area contributed by atoms with Crippen LogP contribution < -0.4 is 10.3 Å². The summed E-state index contributed by atoms with van der Waals surface area (Å²) < 4.78 is 10.8. The highest BCUT2D eigenvalue weighted by Crippen LogP contribution is 2.32. The molecule has 0 radical (unpaired) electrons.